The lowest BCUT2D eigenvalue weighted by molar-refractivity contribution is 0.167. The summed E-state index contributed by atoms with van der Waals surface area (Å²) in [7, 11) is 0. The maximum absolute atomic E-state index is 12.9. The van der Waals surface area contributed by atoms with Gasteiger partial charge >= 0.3 is 0 Å². The monoisotopic (exact) mass is 231 g/mol. The molecular weight excluding hydrogens is 217 g/mol. The largest absolute Gasteiger partial charge is 0.392 e. The predicted molar refractivity (Wildman–Crippen MR) is 59.4 cm³/mol. The molecule has 0 saturated heterocycles. The number of hydrogen-bond donors (Lipinski definition) is 2. The molecule has 0 aromatic heterocycles. The van der Waals surface area contributed by atoms with E-state index in [1.165, 1.54) is 18.2 Å². The smallest absolute Gasteiger partial charge is 0.123 e. The Kier molecular flexibility index (Phi) is 5.02. The summed E-state index contributed by atoms with van der Waals surface area (Å²) in [6, 6.07) is 4.25. The first-order chi connectivity index (χ1) is 7.13. The molecule has 2 nitrogen and oxygen atoms in total. The van der Waals surface area contributed by atoms with E-state index in [-0.39, 0.29) is 11.9 Å². The van der Waals surface area contributed by atoms with E-state index >= 15 is 0 Å². The van der Waals surface area contributed by atoms with Crippen molar-refractivity contribution in [3.05, 3.63) is 34.6 Å². The van der Waals surface area contributed by atoms with E-state index in [9.17, 15) is 9.50 Å². The van der Waals surface area contributed by atoms with Crippen molar-refractivity contribution in [2.45, 2.75) is 26.0 Å². The first-order valence-electron chi connectivity index (χ1n) is 4.96. The van der Waals surface area contributed by atoms with E-state index in [0.717, 1.165) is 0 Å². The Labute approximate surface area is 94.1 Å². The van der Waals surface area contributed by atoms with Crippen LogP contribution in [0.3, 0.4) is 0 Å². The Morgan fingerprint density at radius 2 is 2.27 bits per heavy atom. The average Bonchev–Trinajstić information content (AvgIpc) is 2.23. The molecule has 1 aromatic carbocycles. The topological polar surface area (TPSA) is 32.3 Å². The fourth-order valence-electron chi connectivity index (χ4n) is 1.20. The molecule has 0 fully saturated rings. The van der Waals surface area contributed by atoms with Crippen LogP contribution in [0.2, 0.25) is 5.02 Å². The molecule has 0 radical (unpaired) electrons. The maximum atomic E-state index is 12.9. The van der Waals surface area contributed by atoms with Crippen molar-refractivity contribution in [3.8, 4) is 0 Å². The lowest BCUT2D eigenvalue weighted by Crippen LogP contribution is -2.25. The van der Waals surface area contributed by atoms with Gasteiger partial charge in [-0.3, -0.25) is 0 Å². The standard InChI is InChI=1S/C11H15ClFNO/c1-2-10(15)7-14-6-8-5-9(13)3-4-11(8)12/h3-5,10,14-15H,2,6-7H2,1H3. The molecule has 1 atom stereocenters. The van der Waals surface area contributed by atoms with E-state index < -0.39 is 0 Å². The van der Waals surface area contributed by atoms with Crippen LogP contribution in [-0.4, -0.2) is 17.8 Å². The van der Waals surface area contributed by atoms with Crippen LogP contribution in [0.15, 0.2) is 18.2 Å². The summed E-state index contributed by atoms with van der Waals surface area (Å²) in [5, 5.41) is 12.8. The number of aliphatic hydroxyl groups is 1. The van der Waals surface area contributed by atoms with Crippen LogP contribution >= 0.6 is 11.6 Å². The fraction of sp³-hybridized carbons (Fsp3) is 0.455. The number of hydrogen-bond acceptors (Lipinski definition) is 2. The van der Waals surface area contributed by atoms with Gasteiger partial charge in [0.2, 0.25) is 0 Å². The Hall–Kier alpha value is -0.640. The highest BCUT2D eigenvalue weighted by Crippen LogP contribution is 2.16. The van der Waals surface area contributed by atoms with Gasteiger partial charge in [0, 0.05) is 18.1 Å². The van der Waals surface area contributed by atoms with Crippen LogP contribution in [-0.2, 0) is 6.54 Å². The van der Waals surface area contributed by atoms with E-state index in [1.54, 1.807) is 0 Å². The number of rotatable bonds is 5. The van der Waals surface area contributed by atoms with Crippen LogP contribution in [0, 0.1) is 5.82 Å². The van der Waals surface area contributed by atoms with Crippen LogP contribution in [0.5, 0.6) is 0 Å². The molecule has 0 aliphatic carbocycles. The summed E-state index contributed by atoms with van der Waals surface area (Å²) < 4.78 is 12.9. The van der Waals surface area contributed by atoms with Crippen molar-refractivity contribution >= 4 is 11.6 Å². The maximum Gasteiger partial charge on any atom is 0.123 e. The summed E-state index contributed by atoms with van der Waals surface area (Å²) in [5.41, 5.74) is 0.708. The third-order valence-corrected chi connectivity index (χ3v) is 2.54. The molecule has 0 spiro atoms. The van der Waals surface area contributed by atoms with Gasteiger partial charge in [-0.1, -0.05) is 18.5 Å². The molecule has 0 heterocycles. The number of aliphatic hydroxyl groups excluding tert-OH is 1. The second kappa shape index (κ2) is 6.05. The van der Waals surface area contributed by atoms with E-state index in [0.29, 0.717) is 30.1 Å². The van der Waals surface area contributed by atoms with Gasteiger partial charge in [0.1, 0.15) is 5.82 Å². The highest BCUT2D eigenvalue weighted by molar-refractivity contribution is 6.31. The van der Waals surface area contributed by atoms with Crippen LogP contribution in [0.1, 0.15) is 18.9 Å². The van der Waals surface area contributed by atoms with Crippen molar-refractivity contribution in [2.24, 2.45) is 0 Å². The molecule has 0 aliphatic rings. The number of halogens is 2. The van der Waals surface area contributed by atoms with Crippen molar-refractivity contribution in [2.75, 3.05) is 6.54 Å². The van der Waals surface area contributed by atoms with E-state index in [2.05, 4.69) is 5.32 Å². The van der Waals surface area contributed by atoms with Gasteiger partial charge in [0.25, 0.3) is 0 Å². The first kappa shape index (κ1) is 12.4. The van der Waals surface area contributed by atoms with Crippen molar-refractivity contribution < 1.29 is 9.50 Å². The third-order valence-electron chi connectivity index (χ3n) is 2.17. The molecule has 0 bridgehead atoms. The SMILES string of the molecule is CCC(O)CNCc1cc(F)ccc1Cl. The van der Waals surface area contributed by atoms with Crippen molar-refractivity contribution in [1.82, 2.24) is 5.32 Å². The molecule has 84 valence electrons. The Bertz CT molecular complexity index is 319. The quantitative estimate of drug-likeness (QED) is 0.815. The summed E-state index contributed by atoms with van der Waals surface area (Å²) in [4.78, 5) is 0. The van der Waals surface area contributed by atoms with E-state index in [4.69, 9.17) is 11.6 Å². The third kappa shape index (κ3) is 4.16. The van der Waals surface area contributed by atoms with Gasteiger partial charge in [-0.15, -0.1) is 0 Å². The minimum Gasteiger partial charge on any atom is -0.392 e. The van der Waals surface area contributed by atoms with Crippen LogP contribution in [0.25, 0.3) is 0 Å². The second-order valence-electron chi connectivity index (χ2n) is 3.43. The van der Waals surface area contributed by atoms with Crippen molar-refractivity contribution in [3.63, 3.8) is 0 Å². The number of nitrogens with one attached hydrogen (secondary N) is 1. The molecule has 1 unspecified atom stereocenters. The number of benzene rings is 1. The van der Waals surface area contributed by atoms with Gasteiger partial charge < -0.3 is 10.4 Å². The Morgan fingerprint density at radius 3 is 2.93 bits per heavy atom. The normalized spacial score (nSPS) is 12.8. The van der Waals surface area contributed by atoms with Gasteiger partial charge in [0.15, 0.2) is 0 Å². The van der Waals surface area contributed by atoms with Crippen LogP contribution in [0.4, 0.5) is 4.39 Å². The molecule has 2 N–H and O–H groups in total. The molecular formula is C11H15ClFNO. The van der Waals surface area contributed by atoms with Gasteiger partial charge in [-0.25, -0.2) is 4.39 Å². The summed E-state index contributed by atoms with van der Waals surface area (Å²) in [5.74, 6) is -0.299. The lowest BCUT2D eigenvalue weighted by atomic mass is 10.2. The molecule has 15 heavy (non-hydrogen) atoms. The minimum atomic E-state index is -0.364. The van der Waals surface area contributed by atoms with E-state index in [1.807, 2.05) is 6.92 Å². The molecule has 0 aliphatic heterocycles. The summed E-state index contributed by atoms with van der Waals surface area (Å²) in [6.45, 7) is 2.86. The fourth-order valence-corrected chi connectivity index (χ4v) is 1.38. The van der Waals surface area contributed by atoms with Crippen molar-refractivity contribution in [1.29, 1.82) is 0 Å². The highest BCUT2D eigenvalue weighted by Gasteiger charge is 2.03. The molecule has 1 rings (SSSR count). The average molecular weight is 232 g/mol. The lowest BCUT2D eigenvalue weighted by Gasteiger charge is -2.10. The zero-order valence-corrected chi connectivity index (χ0v) is 9.39. The second-order valence-corrected chi connectivity index (χ2v) is 3.84. The molecule has 0 saturated carbocycles. The van der Waals surface area contributed by atoms with Crippen LogP contribution < -0.4 is 5.32 Å². The minimum absolute atomic E-state index is 0.299. The zero-order chi connectivity index (χ0) is 11.3. The highest BCUT2D eigenvalue weighted by atomic mass is 35.5. The molecule has 4 heteroatoms. The molecule has 1 aromatic rings. The van der Waals surface area contributed by atoms with Gasteiger partial charge in [-0.05, 0) is 30.2 Å². The van der Waals surface area contributed by atoms with Gasteiger partial charge in [0.05, 0.1) is 6.10 Å². The Morgan fingerprint density at radius 1 is 1.53 bits per heavy atom. The summed E-state index contributed by atoms with van der Waals surface area (Å²) >= 11 is 5.88. The summed E-state index contributed by atoms with van der Waals surface area (Å²) in [6.07, 6.45) is 0.335. The zero-order valence-electron chi connectivity index (χ0n) is 8.63. The first-order valence-corrected chi connectivity index (χ1v) is 5.34. The predicted octanol–water partition coefficient (Wildman–Crippen LogP) is 2.34. The molecule has 0 amide bonds. The Balaban J connectivity index is 2.46. The van der Waals surface area contributed by atoms with Gasteiger partial charge in [-0.2, -0.15) is 0 Å².